The van der Waals surface area contributed by atoms with Crippen LogP contribution in [0.4, 0.5) is 11.4 Å². The highest BCUT2D eigenvalue weighted by Crippen LogP contribution is 2.17. The van der Waals surface area contributed by atoms with Crippen molar-refractivity contribution in [3.63, 3.8) is 0 Å². The lowest BCUT2D eigenvalue weighted by atomic mass is 10.3. The Morgan fingerprint density at radius 3 is 2.63 bits per heavy atom. The average molecular weight is 260 g/mol. The summed E-state index contributed by atoms with van der Waals surface area (Å²) in [5.74, 6) is 0.474. The van der Waals surface area contributed by atoms with Gasteiger partial charge in [0.1, 0.15) is 11.4 Å². The second kappa shape index (κ2) is 5.43. The number of ether oxygens (including phenoxy) is 1. The van der Waals surface area contributed by atoms with Crippen LogP contribution >= 0.6 is 0 Å². The van der Waals surface area contributed by atoms with Crippen molar-refractivity contribution in [1.82, 2.24) is 9.78 Å². The molecule has 1 aromatic heterocycles. The summed E-state index contributed by atoms with van der Waals surface area (Å²) in [7, 11) is 1.67. The van der Waals surface area contributed by atoms with Crippen LogP contribution in [0.15, 0.2) is 30.5 Å². The number of hydrogen-bond donors (Lipinski definition) is 2. The molecule has 0 fully saturated rings. The van der Waals surface area contributed by atoms with Gasteiger partial charge in [-0.25, -0.2) is 0 Å². The Bertz CT molecular complexity index is 555. The van der Waals surface area contributed by atoms with Crippen LogP contribution in [0.5, 0.6) is 5.75 Å². The van der Waals surface area contributed by atoms with E-state index in [1.165, 1.54) is 10.9 Å². The Hall–Kier alpha value is -2.50. The Morgan fingerprint density at radius 2 is 2.11 bits per heavy atom. The minimum Gasteiger partial charge on any atom is -0.494 e. The molecule has 2 aromatic rings. The third kappa shape index (κ3) is 2.85. The van der Waals surface area contributed by atoms with E-state index in [0.717, 1.165) is 5.75 Å². The first-order valence-corrected chi connectivity index (χ1v) is 5.93. The van der Waals surface area contributed by atoms with Crippen molar-refractivity contribution in [2.75, 3.05) is 17.7 Å². The highest BCUT2D eigenvalue weighted by Gasteiger charge is 2.14. The predicted octanol–water partition coefficient (Wildman–Crippen LogP) is 1.65. The first-order valence-electron chi connectivity index (χ1n) is 5.93. The molecule has 3 N–H and O–H groups in total. The Balaban J connectivity index is 2.11. The molecule has 19 heavy (non-hydrogen) atoms. The summed E-state index contributed by atoms with van der Waals surface area (Å²) in [6, 6.07) is 7.14. The second-order valence-corrected chi connectivity index (χ2v) is 3.98. The molecule has 0 unspecified atom stereocenters. The number of amides is 1. The number of hydrogen-bond acceptors (Lipinski definition) is 4. The molecule has 6 heteroatoms. The van der Waals surface area contributed by atoms with Crippen LogP contribution in [0.1, 0.15) is 17.4 Å². The van der Waals surface area contributed by atoms with Gasteiger partial charge in [0.05, 0.1) is 18.5 Å². The van der Waals surface area contributed by atoms with Crippen LogP contribution in [-0.2, 0) is 7.05 Å². The summed E-state index contributed by atoms with van der Waals surface area (Å²) in [6.07, 6.45) is 1.45. The fraction of sp³-hybridized carbons (Fsp3) is 0.231. The molecule has 100 valence electrons. The van der Waals surface area contributed by atoms with E-state index < -0.39 is 0 Å². The number of nitrogens with zero attached hydrogens (tertiary/aromatic N) is 2. The van der Waals surface area contributed by atoms with Crippen molar-refractivity contribution in [1.29, 1.82) is 0 Å². The van der Waals surface area contributed by atoms with E-state index in [1.807, 2.05) is 6.92 Å². The van der Waals surface area contributed by atoms with Gasteiger partial charge in [-0.1, -0.05) is 0 Å². The predicted molar refractivity (Wildman–Crippen MR) is 73.2 cm³/mol. The maximum Gasteiger partial charge on any atom is 0.276 e. The van der Waals surface area contributed by atoms with Gasteiger partial charge in [0.2, 0.25) is 0 Å². The normalized spacial score (nSPS) is 10.2. The molecule has 0 aliphatic rings. The van der Waals surface area contributed by atoms with Gasteiger partial charge in [0.15, 0.2) is 0 Å². The number of nitrogens with two attached hydrogens (primary N) is 1. The summed E-state index contributed by atoms with van der Waals surface area (Å²) < 4.78 is 6.77. The zero-order valence-corrected chi connectivity index (χ0v) is 10.9. The van der Waals surface area contributed by atoms with Crippen LogP contribution in [0, 0.1) is 0 Å². The number of nitrogen functional groups attached to an aromatic ring is 1. The number of benzene rings is 1. The fourth-order valence-electron chi connectivity index (χ4n) is 1.72. The third-order valence-corrected chi connectivity index (χ3v) is 2.61. The Kier molecular flexibility index (Phi) is 3.70. The minimum absolute atomic E-state index is 0.290. The van der Waals surface area contributed by atoms with Crippen molar-refractivity contribution in [2.24, 2.45) is 7.05 Å². The van der Waals surface area contributed by atoms with Gasteiger partial charge in [0, 0.05) is 12.7 Å². The Labute approximate surface area is 111 Å². The lowest BCUT2D eigenvalue weighted by Crippen LogP contribution is -2.17. The van der Waals surface area contributed by atoms with Gasteiger partial charge >= 0.3 is 0 Å². The van der Waals surface area contributed by atoms with Crippen LogP contribution in [-0.4, -0.2) is 22.3 Å². The van der Waals surface area contributed by atoms with E-state index in [4.69, 9.17) is 10.5 Å². The lowest BCUT2D eigenvalue weighted by molar-refractivity contribution is 0.101. The first kappa shape index (κ1) is 12.9. The summed E-state index contributed by atoms with van der Waals surface area (Å²) in [6.45, 7) is 2.53. The van der Waals surface area contributed by atoms with Gasteiger partial charge < -0.3 is 15.8 Å². The van der Waals surface area contributed by atoms with Gasteiger partial charge in [-0.3, -0.25) is 9.48 Å². The quantitative estimate of drug-likeness (QED) is 0.875. The highest BCUT2D eigenvalue weighted by atomic mass is 16.5. The molecule has 1 aromatic carbocycles. The molecule has 0 bridgehead atoms. The standard InChI is InChI=1S/C13H16N4O2/c1-3-19-10-6-4-9(5-7-10)16-13(18)12-11(14)8-15-17(12)2/h4-8H,3,14H2,1-2H3,(H,16,18). The van der Waals surface area contributed by atoms with Crippen LogP contribution in [0.2, 0.25) is 0 Å². The topological polar surface area (TPSA) is 82.2 Å². The summed E-state index contributed by atoms with van der Waals surface area (Å²) >= 11 is 0. The SMILES string of the molecule is CCOc1ccc(NC(=O)c2c(N)cnn2C)cc1. The van der Waals surface area contributed by atoms with Crippen molar-refractivity contribution in [3.8, 4) is 5.75 Å². The van der Waals surface area contributed by atoms with Gasteiger partial charge in [-0.05, 0) is 31.2 Å². The van der Waals surface area contributed by atoms with Crippen molar-refractivity contribution in [2.45, 2.75) is 6.92 Å². The molecule has 1 heterocycles. The number of aryl methyl sites for hydroxylation is 1. The third-order valence-electron chi connectivity index (χ3n) is 2.61. The minimum atomic E-state index is -0.290. The number of rotatable bonds is 4. The zero-order chi connectivity index (χ0) is 13.8. The Morgan fingerprint density at radius 1 is 1.42 bits per heavy atom. The summed E-state index contributed by atoms with van der Waals surface area (Å²) in [5.41, 5.74) is 7.06. The molecule has 0 atom stereocenters. The molecule has 0 spiro atoms. The maximum atomic E-state index is 12.0. The molecule has 0 radical (unpaired) electrons. The van der Waals surface area contributed by atoms with E-state index in [-0.39, 0.29) is 5.91 Å². The molecule has 0 saturated carbocycles. The van der Waals surface area contributed by atoms with Crippen molar-refractivity contribution in [3.05, 3.63) is 36.2 Å². The van der Waals surface area contributed by atoms with Gasteiger partial charge in [-0.2, -0.15) is 5.10 Å². The number of anilines is 2. The smallest absolute Gasteiger partial charge is 0.276 e. The molecule has 0 aliphatic carbocycles. The highest BCUT2D eigenvalue weighted by molar-refractivity contribution is 6.06. The van der Waals surface area contributed by atoms with Crippen molar-refractivity contribution >= 4 is 17.3 Å². The van der Waals surface area contributed by atoms with Gasteiger partial charge in [0.25, 0.3) is 5.91 Å². The fourth-order valence-corrected chi connectivity index (χ4v) is 1.72. The largest absolute Gasteiger partial charge is 0.494 e. The molecule has 0 aliphatic heterocycles. The zero-order valence-electron chi connectivity index (χ0n) is 10.9. The number of nitrogens with one attached hydrogen (secondary N) is 1. The molecular weight excluding hydrogens is 244 g/mol. The molecule has 2 rings (SSSR count). The monoisotopic (exact) mass is 260 g/mol. The van der Waals surface area contributed by atoms with E-state index >= 15 is 0 Å². The van der Waals surface area contributed by atoms with Crippen molar-refractivity contribution < 1.29 is 9.53 Å². The average Bonchev–Trinajstić information content (AvgIpc) is 2.72. The molecular formula is C13H16N4O2. The number of carbonyl (C=O) groups is 1. The maximum absolute atomic E-state index is 12.0. The van der Waals surface area contributed by atoms with E-state index in [0.29, 0.717) is 23.7 Å². The second-order valence-electron chi connectivity index (χ2n) is 3.98. The number of carbonyl (C=O) groups excluding carboxylic acids is 1. The first-order chi connectivity index (χ1) is 9.11. The molecule has 6 nitrogen and oxygen atoms in total. The van der Waals surface area contributed by atoms with Crippen LogP contribution in [0.25, 0.3) is 0 Å². The lowest BCUT2D eigenvalue weighted by Gasteiger charge is -2.07. The molecule has 0 saturated heterocycles. The van der Waals surface area contributed by atoms with Gasteiger partial charge in [-0.15, -0.1) is 0 Å². The number of aromatic nitrogens is 2. The van der Waals surface area contributed by atoms with E-state index in [1.54, 1.807) is 31.3 Å². The summed E-state index contributed by atoms with van der Waals surface area (Å²) in [5, 5.41) is 6.69. The van der Waals surface area contributed by atoms with Crippen LogP contribution in [0.3, 0.4) is 0 Å². The van der Waals surface area contributed by atoms with Crippen LogP contribution < -0.4 is 15.8 Å². The van der Waals surface area contributed by atoms with E-state index in [9.17, 15) is 4.79 Å². The molecule has 1 amide bonds. The van der Waals surface area contributed by atoms with E-state index in [2.05, 4.69) is 10.4 Å². The summed E-state index contributed by atoms with van der Waals surface area (Å²) in [4.78, 5) is 12.0.